The van der Waals surface area contributed by atoms with Crippen LogP contribution in [-0.2, 0) is 15.1 Å². The van der Waals surface area contributed by atoms with Gasteiger partial charge in [0.15, 0.2) is 6.29 Å². The number of aliphatic hydroxyl groups is 1. The molecule has 1 aliphatic rings. The highest BCUT2D eigenvalue weighted by atomic mass is 16.7. The van der Waals surface area contributed by atoms with Gasteiger partial charge in [-0.25, -0.2) is 0 Å². The number of hydrogen-bond donors (Lipinski definition) is 1. The molecule has 0 amide bonds. The summed E-state index contributed by atoms with van der Waals surface area (Å²) in [7, 11) is 0. The highest BCUT2D eigenvalue weighted by Gasteiger charge is 2.48. The number of hydrogen-bond acceptors (Lipinski definition) is 3. The molecule has 0 heterocycles. The maximum Gasteiger partial charge on any atom is 0.184 e. The Morgan fingerprint density at radius 3 is 2.13 bits per heavy atom. The number of ether oxygens (including phenoxy) is 2. The standard InChI is InChI=1S/C20H30O3/c1-7-22-19(23-8-2)17-11-9-10-12-18(17)20(21)15(5)13(3)14(4)16(20)6/h9-13,15,19,21H,7-8H2,1-6H3. The third kappa shape index (κ3) is 2.98. The molecule has 3 atom stereocenters. The van der Waals surface area contributed by atoms with Crippen molar-refractivity contribution in [3.8, 4) is 0 Å². The number of allylic oxidation sites excluding steroid dienone is 1. The van der Waals surface area contributed by atoms with E-state index in [1.165, 1.54) is 5.57 Å². The Balaban J connectivity index is 2.56. The van der Waals surface area contributed by atoms with E-state index in [-0.39, 0.29) is 5.92 Å². The molecule has 0 fully saturated rings. The molecule has 128 valence electrons. The molecule has 1 aromatic rings. The normalized spacial score (nSPS) is 28.0. The van der Waals surface area contributed by atoms with Crippen LogP contribution in [0.4, 0.5) is 0 Å². The molecule has 3 unspecified atom stereocenters. The third-order valence-corrected chi connectivity index (χ3v) is 5.52. The van der Waals surface area contributed by atoms with Crippen LogP contribution in [0, 0.1) is 11.8 Å². The predicted molar refractivity (Wildman–Crippen MR) is 93.0 cm³/mol. The van der Waals surface area contributed by atoms with Crippen LogP contribution in [0.5, 0.6) is 0 Å². The second-order valence-electron chi connectivity index (χ2n) is 6.48. The van der Waals surface area contributed by atoms with Crippen molar-refractivity contribution in [1.29, 1.82) is 0 Å². The topological polar surface area (TPSA) is 38.7 Å². The van der Waals surface area contributed by atoms with Crippen LogP contribution in [0.3, 0.4) is 0 Å². The Hall–Kier alpha value is -1.16. The SMILES string of the molecule is CCOC(OCC)c1ccccc1C1(O)C(C)=C(C)C(C)C1C. The molecule has 0 aromatic heterocycles. The average molecular weight is 318 g/mol. The largest absolute Gasteiger partial charge is 0.380 e. The van der Waals surface area contributed by atoms with Gasteiger partial charge in [-0.2, -0.15) is 0 Å². The van der Waals surface area contributed by atoms with E-state index in [1.54, 1.807) is 0 Å². The van der Waals surface area contributed by atoms with E-state index in [1.807, 2.05) is 45.0 Å². The maximum atomic E-state index is 11.6. The molecular weight excluding hydrogens is 288 g/mol. The van der Waals surface area contributed by atoms with Gasteiger partial charge in [0.05, 0.1) is 0 Å². The summed E-state index contributed by atoms with van der Waals surface area (Å²) in [6, 6.07) is 7.96. The molecule has 3 nitrogen and oxygen atoms in total. The van der Waals surface area contributed by atoms with Gasteiger partial charge >= 0.3 is 0 Å². The van der Waals surface area contributed by atoms with E-state index < -0.39 is 11.9 Å². The molecule has 1 N–H and O–H groups in total. The summed E-state index contributed by atoms with van der Waals surface area (Å²) >= 11 is 0. The van der Waals surface area contributed by atoms with Gasteiger partial charge in [0, 0.05) is 18.8 Å². The van der Waals surface area contributed by atoms with Crippen LogP contribution in [0.2, 0.25) is 0 Å². The summed E-state index contributed by atoms with van der Waals surface area (Å²) < 4.78 is 11.6. The zero-order valence-electron chi connectivity index (χ0n) is 15.2. The van der Waals surface area contributed by atoms with Crippen molar-refractivity contribution >= 4 is 0 Å². The van der Waals surface area contributed by atoms with Gasteiger partial charge in [-0.05, 0) is 50.7 Å². The van der Waals surface area contributed by atoms with E-state index >= 15 is 0 Å². The molecule has 1 aliphatic carbocycles. The minimum Gasteiger partial charge on any atom is -0.380 e. The highest BCUT2D eigenvalue weighted by molar-refractivity contribution is 5.45. The Bertz CT molecular complexity index is 572. The third-order valence-electron chi connectivity index (χ3n) is 5.52. The van der Waals surface area contributed by atoms with E-state index in [2.05, 4.69) is 20.8 Å². The Morgan fingerprint density at radius 2 is 1.65 bits per heavy atom. The first-order chi connectivity index (χ1) is 10.9. The summed E-state index contributed by atoms with van der Waals surface area (Å²) in [6.07, 6.45) is -0.443. The minimum atomic E-state index is -0.966. The van der Waals surface area contributed by atoms with Crippen molar-refractivity contribution in [1.82, 2.24) is 0 Å². The van der Waals surface area contributed by atoms with Gasteiger partial charge in [0.1, 0.15) is 5.60 Å². The smallest absolute Gasteiger partial charge is 0.184 e. The molecule has 1 aromatic carbocycles. The molecule has 0 saturated heterocycles. The molecule has 2 rings (SSSR count). The summed E-state index contributed by atoms with van der Waals surface area (Å²) in [4.78, 5) is 0. The summed E-state index contributed by atoms with van der Waals surface area (Å²) in [5, 5.41) is 11.6. The first-order valence-corrected chi connectivity index (χ1v) is 8.62. The van der Waals surface area contributed by atoms with Crippen LogP contribution >= 0.6 is 0 Å². The summed E-state index contributed by atoms with van der Waals surface area (Å²) in [5.74, 6) is 0.471. The molecule has 0 radical (unpaired) electrons. The summed E-state index contributed by atoms with van der Waals surface area (Å²) in [6.45, 7) is 13.5. The van der Waals surface area contributed by atoms with Gasteiger partial charge in [-0.3, -0.25) is 0 Å². The van der Waals surface area contributed by atoms with Crippen molar-refractivity contribution in [2.45, 2.75) is 53.4 Å². The zero-order valence-corrected chi connectivity index (χ0v) is 15.2. The lowest BCUT2D eigenvalue weighted by atomic mass is 9.77. The lowest BCUT2D eigenvalue weighted by Gasteiger charge is -2.35. The highest BCUT2D eigenvalue weighted by Crippen LogP contribution is 2.51. The van der Waals surface area contributed by atoms with Gasteiger partial charge in [0.25, 0.3) is 0 Å². The fourth-order valence-corrected chi connectivity index (χ4v) is 3.75. The lowest BCUT2D eigenvalue weighted by Crippen LogP contribution is -2.35. The molecule has 0 saturated carbocycles. The van der Waals surface area contributed by atoms with E-state index in [0.717, 1.165) is 16.7 Å². The molecule has 0 spiro atoms. The fourth-order valence-electron chi connectivity index (χ4n) is 3.75. The molecule has 3 heteroatoms. The zero-order chi connectivity index (χ0) is 17.2. The monoisotopic (exact) mass is 318 g/mol. The second kappa shape index (κ2) is 7.16. The quantitative estimate of drug-likeness (QED) is 0.617. The summed E-state index contributed by atoms with van der Waals surface area (Å²) in [5.41, 5.74) is 3.19. The number of rotatable bonds is 6. The van der Waals surface area contributed by atoms with Gasteiger partial charge in [-0.1, -0.05) is 43.7 Å². The Kier molecular flexibility index (Phi) is 5.66. The van der Waals surface area contributed by atoms with Crippen molar-refractivity contribution < 1.29 is 14.6 Å². The predicted octanol–water partition coefficient (Wildman–Crippen LogP) is 4.57. The second-order valence-corrected chi connectivity index (χ2v) is 6.48. The van der Waals surface area contributed by atoms with E-state index in [4.69, 9.17) is 9.47 Å². The lowest BCUT2D eigenvalue weighted by molar-refractivity contribution is -0.142. The molecular formula is C20H30O3. The Labute approximate surface area is 140 Å². The first kappa shape index (κ1) is 18.2. The molecule has 23 heavy (non-hydrogen) atoms. The van der Waals surface area contributed by atoms with Gasteiger partial charge in [-0.15, -0.1) is 0 Å². The van der Waals surface area contributed by atoms with Crippen molar-refractivity contribution in [3.63, 3.8) is 0 Å². The van der Waals surface area contributed by atoms with E-state index in [9.17, 15) is 5.11 Å². The number of benzene rings is 1. The van der Waals surface area contributed by atoms with Gasteiger partial charge < -0.3 is 14.6 Å². The van der Waals surface area contributed by atoms with Crippen LogP contribution in [0.1, 0.15) is 59.0 Å². The minimum absolute atomic E-state index is 0.118. The van der Waals surface area contributed by atoms with Crippen LogP contribution in [0.25, 0.3) is 0 Å². The average Bonchev–Trinajstić information content (AvgIpc) is 2.71. The Morgan fingerprint density at radius 1 is 1.09 bits per heavy atom. The molecule has 0 bridgehead atoms. The van der Waals surface area contributed by atoms with Crippen LogP contribution in [0.15, 0.2) is 35.4 Å². The fraction of sp³-hybridized carbons (Fsp3) is 0.600. The maximum absolute atomic E-state index is 11.6. The molecule has 0 aliphatic heterocycles. The van der Waals surface area contributed by atoms with Crippen LogP contribution in [-0.4, -0.2) is 18.3 Å². The van der Waals surface area contributed by atoms with Crippen molar-refractivity contribution in [3.05, 3.63) is 46.5 Å². The van der Waals surface area contributed by atoms with Crippen molar-refractivity contribution in [2.24, 2.45) is 11.8 Å². The van der Waals surface area contributed by atoms with Gasteiger partial charge in [0.2, 0.25) is 0 Å². The van der Waals surface area contributed by atoms with E-state index in [0.29, 0.717) is 19.1 Å². The first-order valence-electron chi connectivity index (χ1n) is 8.62. The van der Waals surface area contributed by atoms with Crippen LogP contribution < -0.4 is 0 Å². The van der Waals surface area contributed by atoms with Crippen molar-refractivity contribution in [2.75, 3.05) is 13.2 Å².